The predicted octanol–water partition coefficient (Wildman–Crippen LogP) is 4.88. The molecule has 3 rings (SSSR count). The Bertz CT molecular complexity index is 847. The number of amides is 1. The number of methoxy groups -OCH3 is 2. The van der Waals surface area contributed by atoms with Gasteiger partial charge < -0.3 is 14.8 Å². The zero-order valence-electron chi connectivity index (χ0n) is 16.4. The van der Waals surface area contributed by atoms with E-state index in [1.807, 2.05) is 12.1 Å². The molecule has 0 aliphatic heterocycles. The first-order valence-corrected chi connectivity index (χ1v) is 9.65. The number of rotatable bonds is 6. The van der Waals surface area contributed by atoms with Gasteiger partial charge in [0.1, 0.15) is 11.5 Å². The van der Waals surface area contributed by atoms with Gasteiger partial charge in [-0.1, -0.05) is 6.07 Å². The van der Waals surface area contributed by atoms with Crippen LogP contribution in [-0.2, 0) is 4.79 Å². The minimum atomic E-state index is 0.0372. The highest BCUT2D eigenvalue weighted by Crippen LogP contribution is 2.41. The van der Waals surface area contributed by atoms with Crippen molar-refractivity contribution in [2.45, 2.75) is 38.0 Å². The molecule has 0 heterocycles. The highest BCUT2D eigenvalue weighted by molar-refractivity contribution is 5.90. The second-order valence-electron chi connectivity index (χ2n) is 7.27. The lowest BCUT2D eigenvalue weighted by atomic mass is 9.77. The number of carbonyl (C=O) groups excluding carboxylic acids is 1. The van der Waals surface area contributed by atoms with Crippen LogP contribution in [0.2, 0.25) is 0 Å². The molecule has 28 heavy (non-hydrogen) atoms. The van der Waals surface area contributed by atoms with Gasteiger partial charge in [-0.05, 0) is 73.4 Å². The molecule has 1 amide bonds. The van der Waals surface area contributed by atoms with Crippen molar-refractivity contribution in [3.8, 4) is 17.6 Å². The summed E-state index contributed by atoms with van der Waals surface area (Å²) in [5, 5.41) is 11.8. The summed E-state index contributed by atoms with van der Waals surface area (Å²) < 4.78 is 10.8. The molecule has 1 fully saturated rings. The number of benzene rings is 2. The van der Waals surface area contributed by atoms with Crippen LogP contribution in [0.25, 0.3) is 0 Å². The summed E-state index contributed by atoms with van der Waals surface area (Å²) in [6.45, 7) is 0. The molecule has 1 aliphatic rings. The molecule has 0 unspecified atom stereocenters. The fraction of sp³-hybridized carbons (Fsp3) is 0.391. The summed E-state index contributed by atoms with van der Waals surface area (Å²) in [4.78, 5) is 12.3. The summed E-state index contributed by atoms with van der Waals surface area (Å²) in [5.74, 6) is 2.57. The van der Waals surface area contributed by atoms with Crippen molar-refractivity contribution in [3.05, 3.63) is 53.6 Å². The van der Waals surface area contributed by atoms with Crippen LogP contribution >= 0.6 is 0 Å². The van der Waals surface area contributed by atoms with E-state index in [0.717, 1.165) is 42.9 Å². The minimum Gasteiger partial charge on any atom is -0.497 e. The van der Waals surface area contributed by atoms with E-state index in [9.17, 15) is 4.79 Å². The van der Waals surface area contributed by atoms with Crippen LogP contribution in [0.15, 0.2) is 42.5 Å². The van der Waals surface area contributed by atoms with Crippen LogP contribution in [0.5, 0.6) is 11.5 Å². The lowest BCUT2D eigenvalue weighted by Crippen LogP contribution is -2.20. The van der Waals surface area contributed by atoms with Crippen molar-refractivity contribution in [1.82, 2.24) is 0 Å². The second-order valence-corrected chi connectivity index (χ2v) is 7.27. The Kier molecular flexibility index (Phi) is 6.54. The number of carbonyl (C=O) groups is 1. The average molecular weight is 378 g/mol. The van der Waals surface area contributed by atoms with Gasteiger partial charge in [0.15, 0.2) is 0 Å². The largest absolute Gasteiger partial charge is 0.497 e. The van der Waals surface area contributed by atoms with E-state index >= 15 is 0 Å². The van der Waals surface area contributed by atoms with Crippen molar-refractivity contribution in [3.63, 3.8) is 0 Å². The minimum absolute atomic E-state index is 0.0372. The monoisotopic (exact) mass is 378 g/mol. The molecule has 5 nitrogen and oxygen atoms in total. The highest BCUT2D eigenvalue weighted by Gasteiger charge is 2.26. The van der Waals surface area contributed by atoms with E-state index in [-0.39, 0.29) is 5.91 Å². The maximum Gasteiger partial charge on any atom is 0.224 e. The fourth-order valence-electron chi connectivity index (χ4n) is 3.94. The predicted molar refractivity (Wildman–Crippen MR) is 109 cm³/mol. The molecule has 2 aromatic rings. The normalized spacial score (nSPS) is 18.8. The molecule has 1 aliphatic carbocycles. The van der Waals surface area contributed by atoms with E-state index in [0.29, 0.717) is 23.8 Å². The Balaban J connectivity index is 1.52. The number of hydrogen-bond acceptors (Lipinski definition) is 4. The summed E-state index contributed by atoms with van der Waals surface area (Å²) in [6, 6.07) is 15.0. The fourth-order valence-corrected chi connectivity index (χ4v) is 3.94. The number of nitrogens with one attached hydrogen (secondary N) is 1. The topological polar surface area (TPSA) is 71.3 Å². The molecule has 0 aromatic heterocycles. The molecule has 0 radical (unpaired) electrons. The highest BCUT2D eigenvalue weighted by atomic mass is 16.5. The van der Waals surface area contributed by atoms with Crippen LogP contribution in [0.4, 0.5) is 5.69 Å². The van der Waals surface area contributed by atoms with Gasteiger partial charge in [0, 0.05) is 18.2 Å². The third-order valence-electron chi connectivity index (χ3n) is 5.50. The van der Waals surface area contributed by atoms with Crippen molar-refractivity contribution >= 4 is 11.6 Å². The number of anilines is 1. The van der Waals surface area contributed by atoms with Crippen LogP contribution in [-0.4, -0.2) is 20.1 Å². The number of nitrogens with zero attached hydrogens (tertiary/aromatic N) is 1. The molecule has 1 N–H and O–H groups in total. The summed E-state index contributed by atoms with van der Waals surface area (Å²) in [6.07, 6.45) is 4.70. The number of nitriles is 1. The maximum absolute atomic E-state index is 12.3. The zero-order chi connectivity index (χ0) is 19.9. The molecule has 0 saturated heterocycles. The van der Waals surface area contributed by atoms with E-state index in [1.54, 1.807) is 38.5 Å². The Labute approximate surface area is 166 Å². The molecule has 2 aromatic carbocycles. The standard InChI is InChI=1S/C23H26N2O3/c1-27-20-11-12-21(22(14-20)28-2)18-7-3-16(4-8-18)13-23(26)25-19-9-5-17(15-24)6-10-19/h5-6,9-12,14,16,18H,3-4,7-8,13H2,1-2H3,(H,25,26). The first-order valence-electron chi connectivity index (χ1n) is 9.65. The van der Waals surface area contributed by atoms with Gasteiger partial charge in [0.2, 0.25) is 5.91 Å². The van der Waals surface area contributed by atoms with Crippen molar-refractivity contribution in [2.75, 3.05) is 19.5 Å². The molecule has 1 saturated carbocycles. The molecular formula is C23H26N2O3. The zero-order valence-corrected chi connectivity index (χ0v) is 16.4. The quantitative estimate of drug-likeness (QED) is 0.778. The van der Waals surface area contributed by atoms with Gasteiger partial charge >= 0.3 is 0 Å². The van der Waals surface area contributed by atoms with Gasteiger partial charge in [0.05, 0.1) is 25.9 Å². The van der Waals surface area contributed by atoms with E-state index in [2.05, 4.69) is 17.5 Å². The van der Waals surface area contributed by atoms with Crippen LogP contribution in [0.3, 0.4) is 0 Å². The number of hydrogen-bond donors (Lipinski definition) is 1. The summed E-state index contributed by atoms with van der Waals surface area (Å²) in [5.41, 5.74) is 2.55. The van der Waals surface area contributed by atoms with Crippen molar-refractivity contribution < 1.29 is 14.3 Å². The number of ether oxygens (including phenoxy) is 2. The lowest BCUT2D eigenvalue weighted by molar-refractivity contribution is -0.117. The Morgan fingerprint density at radius 1 is 1.07 bits per heavy atom. The maximum atomic E-state index is 12.3. The first kappa shape index (κ1) is 19.8. The third-order valence-corrected chi connectivity index (χ3v) is 5.50. The van der Waals surface area contributed by atoms with Crippen molar-refractivity contribution in [2.24, 2.45) is 5.92 Å². The molecule has 0 atom stereocenters. The summed E-state index contributed by atoms with van der Waals surface area (Å²) >= 11 is 0. The van der Waals surface area contributed by atoms with Gasteiger partial charge in [0.25, 0.3) is 0 Å². The average Bonchev–Trinajstić information content (AvgIpc) is 2.74. The molecule has 0 spiro atoms. The SMILES string of the molecule is COc1ccc(C2CCC(CC(=O)Nc3ccc(C#N)cc3)CC2)c(OC)c1. The van der Waals surface area contributed by atoms with E-state index < -0.39 is 0 Å². The lowest BCUT2D eigenvalue weighted by Gasteiger charge is -2.29. The Hall–Kier alpha value is -3.00. The summed E-state index contributed by atoms with van der Waals surface area (Å²) in [7, 11) is 3.35. The second kappa shape index (κ2) is 9.27. The molecule has 5 heteroatoms. The molecule has 0 bridgehead atoms. The van der Waals surface area contributed by atoms with E-state index in [4.69, 9.17) is 14.7 Å². The van der Waals surface area contributed by atoms with Gasteiger partial charge in [-0.15, -0.1) is 0 Å². The van der Waals surface area contributed by atoms with Gasteiger partial charge in [-0.2, -0.15) is 5.26 Å². The van der Waals surface area contributed by atoms with E-state index in [1.165, 1.54) is 5.56 Å². The van der Waals surface area contributed by atoms with Crippen LogP contribution in [0.1, 0.15) is 49.1 Å². The third kappa shape index (κ3) is 4.83. The smallest absolute Gasteiger partial charge is 0.224 e. The van der Waals surface area contributed by atoms with Crippen molar-refractivity contribution in [1.29, 1.82) is 5.26 Å². The first-order chi connectivity index (χ1) is 13.6. The molecule has 146 valence electrons. The van der Waals surface area contributed by atoms with Gasteiger partial charge in [-0.25, -0.2) is 0 Å². The Morgan fingerprint density at radius 3 is 2.39 bits per heavy atom. The Morgan fingerprint density at radius 2 is 1.79 bits per heavy atom. The van der Waals surface area contributed by atoms with Crippen LogP contribution in [0, 0.1) is 17.2 Å². The molecular weight excluding hydrogens is 352 g/mol. The van der Waals surface area contributed by atoms with Crippen LogP contribution < -0.4 is 14.8 Å². The van der Waals surface area contributed by atoms with Gasteiger partial charge in [-0.3, -0.25) is 4.79 Å².